The SMILES string of the molecule is COc1ccc(C[C@](C)(O)CNS(=O)(=O)c2cc(F)ccc2F)cc1. The van der Waals surface area contributed by atoms with Crippen LogP contribution in [0, 0.1) is 11.6 Å². The van der Waals surface area contributed by atoms with Gasteiger partial charge in [0.25, 0.3) is 0 Å². The molecular formula is C17H19F2NO4S. The molecule has 2 aromatic rings. The van der Waals surface area contributed by atoms with Crippen LogP contribution in [0.5, 0.6) is 5.75 Å². The van der Waals surface area contributed by atoms with Gasteiger partial charge in [-0.1, -0.05) is 12.1 Å². The molecule has 8 heteroatoms. The predicted octanol–water partition coefficient (Wildman–Crippen LogP) is 2.25. The molecule has 0 bridgehead atoms. The van der Waals surface area contributed by atoms with Crippen LogP contribution >= 0.6 is 0 Å². The average molecular weight is 371 g/mol. The van der Waals surface area contributed by atoms with Crippen LogP contribution in [0.4, 0.5) is 8.78 Å². The summed E-state index contributed by atoms with van der Waals surface area (Å²) in [6.45, 7) is 1.08. The van der Waals surface area contributed by atoms with Crippen LogP contribution < -0.4 is 9.46 Å². The van der Waals surface area contributed by atoms with Gasteiger partial charge < -0.3 is 9.84 Å². The minimum Gasteiger partial charge on any atom is -0.497 e. The van der Waals surface area contributed by atoms with Gasteiger partial charge in [-0.2, -0.15) is 0 Å². The summed E-state index contributed by atoms with van der Waals surface area (Å²) in [5.41, 5.74) is -0.659. The molecule has 0 saturated heterocycles. The summed E-state index contributed by atoms with van der Waals surface area (Å²) in [6.07, 6.45) is 0.158. The van der Waals surface area contributed by atoms with Gasteiger partial charge in [-0.3, -0.25) is 0 Å². The third-order valence-electron chi connectivity index (χ3n) is 3.57. The first-order valence-electron chi connectivity index (χ1n) is 7.43. The van der Waals surface area contributed by atoms with Crippen molar-refractivity contribution in [2.75, 3.05) is 13.7 Å². The van der Waals surface area contributed by atoms with E-state index in [0.29, 0.717) is 11.8 Å². The minimum atomic E-state index is -4.29. The van der Waals surface area contributed by atoms with Gasteiger partial charge in [-0.25, -0.2) is 21.9 Å². The van der Waals surface area contributed by atoms with Crippen LogP contribution in [0.1, 0.15) is 12.5 Å². The fourth-order valence-electron chi connectivity index (χ4n) is 2.26. The van der Waals surface area contributed by atoms with Crippen LogP contribution in [-0.4, -0.2) is 32.8 Å². The molecule has 25 heavy (non-hydrogen) atoms. The van der Waals surface area contributed by atoms with Gasteiger partial charge >= 0.3 is 0 Å². The van der Waals surface area contributed by atoms with E-state index in [4.69, 9.17) is 4.74 Å². The van der Waals surface area contributed by atoms with E-state index < -0.39 is 32.2 Å². The number of benzene rings is 2. The summed E-state index contributed by atoms with van der Waals surface area (Å²) in [4.78, 5) is -0.798. The van der Waals surface area contributed by atoms with Gasteiger partial charge in [0, 0.05) is 13.0 Å². The molecule has 0 radical (unpaired) electrons. The number of hydrogen-bond acceptors (Lipinski definition) is 4. The Balaban J connectivity index is 2.08. The van der Waals surface area contributed by atoms with E-state index >= 15 is 0 Å². The molecular weight excluding hydrogens is 352 g/mol. The van der Waals surface area contributed by atoms with Crippen molar-refractivity contribution in [3.05, 3.63) is 59.7 Å². The summed E-state index contributed by atoms with van der Waals surface area (Å²) in [6, 6.07) is 9.08. The van der Waals surface area contributed by atoms with E-state index in [0.717, 1.165) is 17.7 Å². The number of rotatable bonds is 7. The summed E-state index contributed by atoms with van der Waals surface area (Å²) in [7, 11) is -2.76. The molecule has 0 saturated carbocycles. The summed E-state index contributed by atoms with van der Waals surface area (Å²) in [5.74, 6) is -1.28. The molecule has 0 unspecified atom stereocenters. The lowest BCUT2D eigenvalue weighted by atomic mass is 9.97. The number of sulfonamides is 1. The Morgan fingerprint density at radius 1 is 1.16 bits per heavy atom. The smallest absolute Gasteiger partial charge is 0.243 e. The zero-order valence-corrected chi connectivity index (χ0v) is 14.6. The van der Waals surface area contributed by atoms with Crippen molar-refractivity contribution in [3.63, 3.8) is 0 Å². The summed E-state index contributed by atoms with van der Waals surface area (Å²) in [5, 5.41) is 10.4. The number of nitrogens with one attached hydrogen (secondary N) is 1. The minimum absolute atomic E-state index is 0.158. The van der Waals surface area contributed by atoms with Crippen molar-refractivity contribution in [3.8, 4) is 5.75 Å². The number of halogens is 2. The molecule has 1 atom stereocenters. The molecule has 5 nitrogen and oxygen atoms in total. The van der Waals surface area contributed by atoms with Crippen molar-refractivity contribution in [1.82, 2.24) is 4.72 Å². The predicted molar refractivity (Wildman–Crippen MR) is 88.9 cm³/mol. The Bertz CT molecular complexity index is 836. The number of methoxy groups -OCH3 is 1. The van der Waals surface area contributed by atoms with E-state index in [2.05, 4.69) is 4.72 Å². The molecule has 0 fully saturated rings. The molecule has 0 aromatic heterocycles. The zero-order chi connectivity index (χ0) is 18.7. The fraction of sp³-hybridized carbons (Fsp3) is 0.294. The number of ether oxygens (including phenoxy) is 1. The highest BCUT2D eigenvalue weighted by atomic mass is 32.2. The van der Waals surface area contributed by atoms with Gasteiger partial charge in [0.05, 0.1) is 12.7 Å². The third-order valence-corrected chi connectivity index (χ3v) is 4.99. The van der Waals surface area contributed by atoms with E-state index in [1.807, 2.05) is 0 Å². The first-order valence-corrected chi connectivity index (χ1v) is 8.91. The maximum absolute atomic E-state index is 13.6. The average Bonchev–Trinajstić information content (AvgIpc) is 2.56. The first kappa shape index (κ1) is 19.3. The van der Waals surface area contributed by atoms with Crippen molar-refractivity contribution in [2.24, 2.45) is 0 Å². The summed E-state index contributed by atoms with van der Waals surface area (Å²) >= 11 is 0. The second-order valence-corrected chi connectivity index (χ2v) is 7.66. The monoisotopic (exact) mass is 371 g/mol. The van der Waals surface area contributed by atoms with E-state index in [1.165, 1.54) is 14.0 Å². The third kappa shape index (κ3) is 5.22. The van der Waals surface area contributed by atoms with Crippen molar-refractivity contribution in [2.45, 2.75) is 23.8 Å². The quantitative estimate of drug-likeness (QED) is 0.783. The number of hydrogen-bond donors (Lipinski definition) is 2. The van der Waals surface area contributed by atoms with Crippen molar-refractivity contribution < 1.29 is 27.0 Å². The van der Waals surface area contributed by atoms with E-state index in [1.54, 1.807) is 24.3 Å². The van der Waals surface area contributed by atoms with Crippen molar-refractivity contribution >= 4 is 10.0 Å². The van der Waals surface area contributed by atoms with Crippen LogP contribution in [0.3, 0.4) is 0 Å². The van der Waals surface area contributed by atoms with Crippen LogP contribution in [0.15, 0.2) is 47.4 Å². The molecule has 0 aliphatic rings. The Morgan fingerprint density at radius 2 is 1.80 bits per heavy atom. The van der Waals surface area contributed by atoms with Crippen molar-refractivity contribution in [1.29, 1.82) is 0 Å². The van der Waals surface area contributed by atoms with Crippen LogP contribution in [0.25, 0.3) is 0 Å². The zero-order valence-electron chi connectivity index (χ0n) is 13.8. The highest BCUT2D eigenvalue weighted by molar-refractivity contribution is 7.89. The molecule has 2 N–H and O–H groups in total. The standard InChI is InChI=1S/C17H19F2NO4S/c1-17(21,10-12-3-6-14(24-2)7-4-12)11-20-25(22,23)16-9-13(18)5-8-15(16)19/h3-9,20-21H,10-11H2,1-2H3/t17-/m0/s1. The molecule has 0 aliphatic carbocycles. The first-order chi connectivity index (χ1) is 11.6. The lowest BCUT2D eigenvalue weighted by molar-refractivity contribution is 0.0656. The Morgan fingerprint density at radius 3 is 2.40 bits per heavy atom. The molecule has 2 rings (SSSR count). The lowest BCUT2D eigenvalue weighted by Gasteiger charge is -2.24. The highest BCUT2D eigenvalue weighted by Crippen LogP contribution is 2.19. The number of aliphatic hydroxyl groups is 1. The lowest BCUT2D eigenvalue weighted by Crippen LogP contribution is -2.42. The molecule has 136 valence electrons. The van der Waals surface area contributed by atoms with Gasteiger partial charge in [-0.15, -0.1) is 0 Å². The topological polar surface area (TPSA) is 75.6 Å². The van der Waals surface area contributed by atoms with Crippen LogP contribution in [-0.2, 0) is 16.4 Å². The molecule has 0 spiro atoms. The van der Waals surface area contributed by atoms with Gasteiger partial charge in [0.2, 0.25) is 10.0 Å². The fourth-order valence-corrected chi connectivity index (χ4v) is 3.51. The van der Waals surface area contributed by atoms with E-state index in [-0.39, 0.29) is 13.0 Å². The van der Waals surface area contributed by atoms with Crippen LogP contribution in [0.2, 0.25) is 0 Å². The summed E-state index contributed by atoms with van der Waals surface area (Å²) < 4.78 is 58.3. The Labute approximate surface area is 145 Å². The maximum Gasteiger partial charge on any atom is 0.243 e. The molecule has 0 amide bonds. The van der Waals surface area contributed by atoms with E-state index in [9.17, 15) is 22.3 Å². The second kappa shape index (κ2) is 7.47. The van der Waals surface area contributed by atoms with Gasteiger partial charge in [0.1, 0.15) is 22.3 Å². The maximum atomic E-state index is 13.6. The second-order valence-electron chi connectivity index (χ2n) is 5.92. The van der Waals surface area contributed by atoms with Gasteiger partial charge in [-0.05, 0) is 42.8 Å². The molecule has 2 aromatic carbocycles. The van der Waals surface area contributed by atoms with Gasteiger partial charge in [0.15, 0.2) is 0 Å². The Kier molecular flexibility index (Phi) is 5.76. The highest BCUT2D eigenvalue weighted by Gasteiger charge is 2.26. The largest absolute Gasteiger partial charge is 0.497 e. The molecule has 0 aliphatic heterocycles. The normalized spacial score (nSPS) is 14.1. The molecule has 0 heterocycles. The Hall–Kier alpha value is -2.03.